The number of nitro benzene ring substituents is 1. The number of nitrogens with zero attached hydrogens (tertiary/aromatic N) is 4. The minimum Gasteiger partial charge on any atom is -0.322 e. The number of aryl methyl sites for hydroxylation is 1. The standard InChI is InChI=1S/C21H17N5O4/c1-24-17(12-11-15-9-5-6-10-16(15)26(29)30)22-19-18(24)20(27)23-21(28)25(19)13-14-7-3-2-4-8-14/h2-12H,13H2,1H3,(H,23,27,28). The summed E-state index contributed by atoms with van der Waals surface area (Å²) in [7, 11) is 1.65. The molecular weight excluding hydrogens is 386 g/mol. The number of H-pyrrole nitrogens is 1. The third kappa shape index (κ3) is 3.44. The summed E-state index contributed by atoms with van der Waals surface area (Å²) >= 11 is 0. The number of aromatic nitrogens is 4. The molecule has 4 aromatic rings. The van der Waals surface area contributed by atoms with E-state index < -0.39 is 16.2 Å². The minimum atomic E-state index is -0.552. The molecule has 4 rings (SSSR count). The van der Waals surface area contributed by atoms with Gasteiger partial charge in [0.05, 0.1) is 17.0 Å². The van der Waals surface area contributed by atoms with E-state index in [1.165, 1.54) is 10.6 Å². The predicted octanol–water partition coefficient (Wildman–Crippen LogP) is 2.55. The number of aromatic amines is 1. The van der Waals surface area contributed by atoms with E-state index in [1.54, 1.807) is 42.0 Å². The molecule has 0 fully saturated rings. The quantitative estimate of drug-likeness (QED) is 0.406. The molecule has 2 heterocycles. The Labute approximate surface area is 169 Å². The Hall–Kier alpha value is -4.27. The van der Waals surface area contributed by atoms with Crippen LogP contribution in [0, 0.1) is 10.1 Å². The molecular formula is C21H17N5O4. The molecule has 0 spiro atoms. The Kier molecular flexibility index (Phi) is 4.85. The molecule has 1 N–H and O–H groups in total. The first-order valence-corrected chi connectivity index (χ1v) is 9.10. The molecule has 9 nitrogen and oxygen atoms in total. The van der Waals surface area contributed by atoms with Crippen molar-refractivity contribution in [3.05, 3.63) is 103 Å². The van der Waals surface area contributed by atoms with Gasteiger partial charge in [-0.25, -0.2) is 9.78 Å². The highest BCUT2D eigenvalue weighted by Gasteiger charge is 2.16. The second-order valence-corrected chi connectivity index (χ2v) is 6.68. The Morgan fingerprint density at radius 2 is 1.77 bits per heavy atom. The SMILES string of the molecule is Cn1c(C=Cc2ccccc2[N+](=O)[O-])nc2c1c(=O)[nH]c(=O)n2Cc1ccccc1. The maximum absolute atomic E-state index is 12.4. The van der Waals surface area contributed by atoms with Crippen molar-refractivity contribution in [1.29, 1.82) is 0 Å². The van der Waals surface area contributed by atoms with Gasteiger partial charge in [0.2, 0.25) is 0 Å². The van der Waals surface area contributed by atoms with Crippen molar-refractivity contribution in [2.24, 2.45) is 7.05 Å². The lowest BCUT2D eigenvalue weighted by atomic mass is 10.1. The van der Waals surface area contributed by atoms with Crippen molar-refractivity contribution in [2.45, 2.75) is 6.54 Å². The molecule has 0 amide bonds. The molecule has 9 heteroatoms. The van der Waals surface area contributed by atoms with E-state index in [-0.39, 0.29) is 23.4 Å². The number of imidazole rings is 1. The van der Waals surface area contributed by atoms with Crippen LogP contribution in [0.25, 0.3) is 23.3 Å². The molecule has 0 unspecified atom stereocenters. The zero-order valence-corrected chi connectivity index (χ0v) is 16.0. The van der Waals surface area contributed by atoms with Gasteiger partial charge in [-0.1, -0.05) is 42.5 Å². The molecule has 0 aliphatic heterocycles. The molecule has 30 heavy (non-hydrogen) atoms. The van der Waals surface area contributed by atoms with Crippen LogP contribution in [0.15, 0.2) is 64.2 Å². The minimum absolute atomic E-state index is 0.0358. The maximum Gasteiger partial charge on any atom is 0.330 e. The fourth-order valence-electron chi connectivity index (χ4n) is 3.28. The van der Waals surface area contributed by atoms with Gasteiger partial charge in [0.15, 0.2) is 11.2 Å². The van der Waals surface area contributed by atoms with Crippen LogP contribution < -0.4 is 11.2 Å². The van der Waals surface area contributed by atoms with E-state index >= 15 is 0 Å². The summed E-state index contributed by atoms with van der Waals surface area (Å²) in [5.41, 5.74) is 0.653. The average Bonchev–Trinajstić information content (AvgIpc) is 3.07. The van der Waals surface area contributed by atoms with Crippen LogP contribution in [0.3, 0.4) is 0 Å². The monoisotopic (exact) mass is 403 g/mol. The van der Waals surface area contributed by atoms with Crippen molar-refractivity contribution in [2.75, 3.05) is 0 Å². The Balaban J connectivity index is 1.84. The number of fused-ring (bicyclic) bond motifs is 1. The van der Waals surface area contributed by atoms with Gasteiger partial charge in [-0.2, -0.15) is 0 Å². The number of rotatable bonds is 5. The number of para-hydroxylation sites is 1. The topological polar surface area (TPSA) is 116 Å². The second-order valence-electron chi connectivity index (χ2n) is 6.68. The van der Waals surface area contributed by atoms with E-state index in [0.717, 1.165) is 5.56 Å². The first-order valence-electron chi connectivity index (χ1n) is 9.10. The van der Waals surface area contributed by atoms with Gasteiger partial charge < -0.3 is 4.57 Å². The largest absolute Gasteiger partial charge is 0.330 e. The molecule has 2 aromatic carbocycles. The smallest absolute Gasteiger partial charge is 0.322 e. The third-order valence-electron chi connectivity index (χ3n) is 4.78. The van der Waals surface area contributed by atoms with Crippen molar-refractivity contribution in [3.8, 4) is 0 Å². The lowest BCUT2D eigenvalue weighted by Crippen LogP contribution is -2.31. The number of nitro groups is 1. The predicted molar refractivity (Wildman–Crippen MR) is 113 cm³/mol. The van der Waals surface area contributed by atoms with Gasteiger partial charge in [0.1, 0.15) is 5.82 Å². The zero-order chi connectivity index (χ0) is 21.3. The molecule has 0 radical (unpaired) electrons. The third-order valence-corrected chi connectivity index (χ3v) is 4.78. The summed E-state index contributed by atoms with van der Waals surface area (Å²) in [5, 5.41) is 11.2. The summed E-state index contributed by atoms with van der Waals surface area (Å²) in [6.07, 6.45) is 3.15. The van der Waals surface area contributed by atoms with Gasteiger partial charge in [-0.05, 0) is 23.8 Å². The van der Waals surface area contributed by atoms with E-state index in [9.17, 15) is 19.7 Å². The van der Waals surface area contributed by atoms with Crippen molar-refractivity contribution >= 4 is 29.0 Å². The highest BCUT2D eigenvalue weighted by molar-refractivity contribution is 5.78. The van der Waals surface area contributed by atoms with Crippen molar-refractivity contribution in [1.82, 2.24) is 19.1 Å². The summed E-state index contributed by atoms with van der Waals surface area (Å²) in [4.78, 5) is 42.4. The Morgan fingerprint density at radius 1 is 1.07 bits per heavy atom. The fourth-order valence-corrected chi connectivity index (χ4v) is 3.28. The first kappa shape index (κ1) is 19.1. The molecule has 2 aromatic heterocycles. The highest BCUT2D eigenvalue weighted by Crippen LogP contribution is 2.21. The van der Waals surface area contributed by atoms with Crippen LogP contribution in [-0.2, 0) is 13.6 Å². The van der Waals surface area contributed by atoms with Crippen molar-refractivity contribution < 1.29 is 4.92 Å². The van der Waals surface area contributed by atoms with Crippen molar-refractivity contribution in [3.63, 3.8) is 0 Å². The van der Waals surface area contributed by atoms with Crippen LogP contribution in [0.4, 0.5) is 5.69 Å². The van der Waals surface area contributed by atoms with Gasteiger partial charge in [0, 0.05) is 13.1 Å². The lowest BCUT2D eigenvalue weighted by Gasteiger charge is -2.06. The lowest BCUT2D eigenvalue weighted by molar-refractivity contribution is -0.385. The zero-order valence-electron chi connectivity index (χ0n) is 16.0. The van der Waals surface area contributed by atoms with Crippen LogP contribution in [0.2, 0.25) is 0 Å². The molecule has 0 saturated heterocycles. The van der Waals surface area contributed by atoms with Gasteiger partial charge >= 0.3 is 5.69 Å². The Morgan fingerprint density at radius 3 is 2.50 bits per heavy atom. The number of nitrogens with one attached hydrogen (secondary N) is 1. The molecule has 0 bridgehead atoms. The molecule has 0 aliphatic carbocycles. The van der Waals surface area contributed by atoms with Crippen LogP contribution in [-0.4, -0.2) is 24.0 Å². The molecule has 150 valence electrons. The van der Waals surface area contributed by atoms with Gasteiger partial charge in [-0.3, -0.25) is 24.5 Å². The number of hydrogen-bond donors (Lipinski definition) is 1. The molecule has 0 atom stereocenters. The highest BCUT2D eigenvalue weighted by atomic mass is 16.6. The van der Waals surface area contributed by atoms with E-state index in [0.29, 0.717) is 11.4 Å². The maximum atomic E-state index is 12.4. The van der Waals surface area contributed by atoms with Crippen LogP contribution in [0.1, 0.15) is 17.0 Å². The van der Waals surface area contributed by atoms with Crippen LogP contribution >= 0.6 is 0 Å². The first-order chi connectivity index (χ1) is 14.5. The number of benzene rings is 2. The van der Waals surface area contributed by atoms with E-state index in [1.807, 2.05) is 30.3 Å². The van der Waals surface area contributed by atoms with E-state index in [2.05, 4.69) is 9.97 Å². The second kappa shape index (κ2) is 7.63. The normalized spacial score (nSPS) is 11.4. The summed E-state index contributed by atoms with van der Waals surface area (Å²) < 4.78 is 2.95. The van der Waals surface area contributed by atoms with Gasteiger partial charge in [0.25, 0.3) is 11.2 Å². The summed E-state index contributed by atoms with van der Waals surface area (Å²) in [5.74, 6) is 0.390. The summed E-state index contributed by atoms with van der Waals surface area (Å²) in [6.45, 7) is 0.247. The van der Waals surface area contributed by atoms with Crippen LogP contribution in [0.5, 0.6) is 0 Å². The van der Waals surface area contributed by atoms with E-state index in [4.69, 9.17) is 0 Å². The average molecular weight is 403 g/mol. The summed E-state index contributed by atoms with van der Waals surface area (Å²) in [6, 6.07) is 15.7. The van der Waals surface area contributed by atoms with Gasteiger partial charge in [-0.15, -0.1) is 0 Å². The Bertz CT molecular complexity index is 1400. The number of hydrogen-bond acceptors (Lipinski definition) is 5. The fraction of sp³-hybridized carbons (Fsp3) is 0.0952. The molecule has 0 aliphatic rings. The molecule has 0 saturated carbocycles.